The van der Waals surface area contributed by atoms with Gasteiger partial charge in [0.15, 0.2) is 0 Å². The zero-order valence-corrected chi connectivity index (χ0v) is 8.11. The minimum atomic E-state index is 0.786. The van der Waals surface area contributed by atoms with E-state index in [0.717, 1.165) is 19.1 Å². The number of aldehydes is 1. The predicted molar refractivity (Wildman–Crippen MR) is 57.6 cm³/mol. The summed E-state index contributed by atoms with van der Waals surface area (Å²) >= 11 is 0. The number of hydrogen-bond acceptors (Lipinski definition) is 1. The molecule has 13 heavy (non-hydrogen) atoms. The van der Waals surface area contributed by atoms with Gasteiger partial charge in [0, 0.05) is 0 Å². The highest BCUT2D eigenvalue weighted by atomic mass is 16.1. The third kappa shape index (κ3) is 10.9. The van der Waals surface area contributed by atoms with E-state index >= 15 is 0 Å². The lowest BCUT2D eigenvalue weighted by molar-refractivity contribution is -0.104. The van der Waals surface area contributed by atoms with Crippen LogP contribution in [0.4, 0.5) is 0 Å². The zero-order valence-electron chi connectivity index (χ0n) is 8.11. The maximum atomic E-state index is 9.88. The van der Waals surface area contributed by atoms with Crippen molar-refractivity contribution in [3.63, 3.8) is 0 Å². The molecular formula is C12H18O. The van der Waals surface area contributed by atoms with Crippen LogP contribution in [0.5, 0.6) is 0 Å². The van der Waals surface area contributed by atoms with Crippen molar-refractivity contribution in [1.29, 1.82) is 0 Å². The second-order valence-electron chi connectivity index (χ2n) is 2.88. The Morgan fingerprint density at radius 3 is 2.38 bits per heavy atom. The second kappa shape index (κ2) is 10.9. The minimum Gasteiger partial charge on any atom is -0.299 e. The number of allylic oxidation sites excluding steroid dienone is 5. The van der Waals surface area contributed by atoms with Gasteiger partial charge in [-0.1, -0.05) is 30.7 Å². The molecule has 0 spiro atoms. The van der Waals surface area contributed by atoms with Gasteiger partial charge in [0.1, 0.15) is 6.29 Å². The third-order valence-electron chi connectivity index (χ3n) is 1.72. The van der Waals surface area contributed by atoms with Gasteiger partial charge in [0.25, 0.3) is 0 Å². The summed E-state index contributed by atoms with van der Waals surface area (Å²) in [7, 11) is 0. The highest BCUT2D eigenvalue weighted by Gasteiger charge is 1.83. The molecular weight excluding hydrogens is 160 g/mol. The molecule has 1 heteroatoms. The first-order valence-corrected chi connectivity index (χ1v) is 4.79. The minimum absolute atomic E-state index is 0.786. The first-order valence-electron chi connectivity index (χ1n) is 4.79. The number of unbranched alkanes of at least 4 members (excludes halogenated alkanes) is 4. The lowest BCUT2D eigenvalue weighted by Gasteiger charge is -1.93. The van der Waals surface area contributed by atoms with Crippen molar-refractivity contribution >= 4 is 6.29 Å². The first kappa shape index (κ1) is 11.9. The van der Waals surface area contributed by atoms with Gasteiger partial charge in [-0.25, -0.2) is 0 Å². The van der Waals surface area contributed by atoms with Crippen molar-refractivity contribution in [2.75, 3.05) is 0 Å². The van der Waals surface area contributed by atoms with Crippen LogP contribution in [-0.2, 0) is 4.79 Å². The highest BCUT2D eigenvalue weighted by molar-refractivity contribution is 5.65. The lowest BCUT2D eigenvalue weighted by Crippen LogP contribution is -1.73. The SMILES string of the molecule is C=CCCCCC/C=C\C=C/C=O. The van der Waals surface area contributed by atoms with E-state index in [-0.39, 0.29) is 0 Å². The van der Waals surface area contributed by atoms with Gasteiger partial charge >= 0.3 is 0 Å². The van der Waals surface area contributed by atoms with Crippen LogP contribution < -0.4 is 0 Å². The maximum Gasteiger partial charge on any atom is 0.142 e. The summed E-state index contributed by atoms with van der Waals surface area (Å²) in [5.41, 5.74) is 0. The van der Waals surface area contributed by atoms with Crippen LogP contribution in [0, 0.1) is 0 Å². The molecule has 0 atom stereocenters. The zero-order chi connectivity index (χ0) is 9.78. The summed E-state index contributed by atoms with van der Waals surface area (Å²) in [6.07, 6.45) is 15.9. The molecule has 0 aromatic heterocycles. The Bertz CT molecular complexity index is 178. The van der Waals surface area contributed by atoms with Crippen LogP contribution in [0.15, 0.2) is 37.0 Å². The number of carbonyl (C=O) groups is 1. The summed E-state index contributed by atoms with van der Waals surface area (Å²) in [4.78, 5) is 9.88. The predicted octanol–water partition coefficient (Wildman–Crippen LogP) is 3.43. The quantitative estimate of drug-likeness (QED) is 0.183. The van der Waals surface area contributed by atoms with E-state index in [1.165, 1.54) is 25.3 Å². The van der Waals surface area contributed by atoms with Crippen molar-refractivity contribution in [1.82, 2.24) is 0 Å². The Morgan fingerprint density at radius 2 is 1.69 bits per heavy atom. The van der Waals surface area contributed by atoms with Crippen LogP contribution in [0.1, 0.15) is 32.1 Å². The molecule has 0 heterocycles. The van der Waals surface area contributed by atoms with Gasteiger partial charge in [-0.2, -0.15) is 0 Å². The molecule has 0 fully saturated rings. The summed E-state index contributed by atoms with van der Waals surface area (Å²) < 4.78 is 0. The average molecular weight is 178 g/mol. The van der Waals surface area contributed by atoms with Crippen molar-refractivity contribution in [3.8, 4) is 0 Å². The Balaban J connectivity index is 3.14. The lowest BCUT2D eigenvalue weighted by atomic mass is 10.1. The third-order valence-corrected chi connectivity index (χ3v) is 1.72. The number of hydrogen-bond donors (Lipinski definition) is 0. The van der Waals surface area contributed by atoms with E-state index in [0.29, 0.717) is 0 Å². The Morgan fingerprint density at radius 1 is 0.923 bits per heavy atom. The fourth-order valence-electron chi connectivity index (χ4n) is 1.01. The summed E-state index contributed by atoms with van der Waals surface area (Å²) in [6, 6.07) is 0. The molecule has 0 aliphatic carbocycles. The fraction of sp³-hybridized carbons (Fsp3) is 0.417. The van der Waals surface area contributed by atoms with Gasteiger partial charge in [0.05, 0.1) is 0 Å². The van der Waals surface area contributed by atoms with E-state index in [9.17, 15) is 4.79 Å². The molecule has 0 rings (SSSR count). The van der Waals surface area contributed by atoms with Gasteiger partial charge < -0.3 is 0 Å². The highest BCUT2D eigenvalue weighted by Crippen LogP contribution is 2.03. The van der Waals surface area contributed by atoms with E-state index in [1.54, 1.807) is 6.08 Å². The van der Waals surface area contributed by atoms with Crippen LogP contribution >= 0.6 is 0 Å². The molecule has 0 aliphatic rings. The summed E-state index contributed by atoms with van der Waals surface area (Å²) in [5, 5.41) is 0. The summed E-state index contributed by atoms with van der Waals surface area (Å²) in [6.45, 7) is 3.67. The van der Waals surface area contributed by atoms with E-state index in [1.807, 2.05) is 12.2 Å². The largest absolute Gasteiger partial charge is 0.299 e. The standard InChI is InChI=1S/C12H18O/c1-2-3-4-5-6-7-8-9-10-11-12-13/h2,8-12H,1,3-7H2/b9-8-,11-10-. The maximum absolute atomic E-state index is 9.88. The molecule has 1 nitrogen and oxygen atoms in total. The smallest absolute Gasteiger partial charge is 0.142 e. The molecule has 0 aromatic carbocycles. The second-order valence-corrected chi connectivity index (χ2v) is 2.88. The number of rotatable bonds is 8. The van der Waals surface area contributed by atoms with Crippen LogP contribution in [0.3, 0.4) is 0 Å². The first-order chi connectivity index (χ1) is 6.41. The molecule has 0 unspecified atom stereocenters. The van der Waals surface area contributed by atoms with Gasteiger partial charge in [-0.05, 0) is 31.8 Å². The molecule has 0 bridgehead atoms. The van der Waals surface area contributed by atoms with Crippen LogP contribution in [-0.4, -0.2) is 6.29 Å². The van der Waals surface area contributed by atoms with Gasteiger partial charge in [0.2, 0.25) is 0 Å². The van der Waals surface area contributed by atoms with E-state index in [4.69, 9.17) is 0 Å². The molecule has 0 aromatic rings. The Labute approximate surface area is 80.8 Å². The molecule has 0 N–H and O–H groups in total. The van der Waals surface area contributed by atoms with Gasteiger partial charge in [-0.3, -0.25) is 4.79 Å². The summed E-state index contributed by atoms with van der Waals surface area (Å²) in [5.74, 6) is 0. The van der Waals surface area contributed by atoms with Gasteiger partial charge in [-0.15, -0.1) is 6.58 Å². The number of carbonyl (C=O) groups excluding carboxylic acids is 1. The molecule has 72 valence electrons. The average Bonchev–Trinajstić information content (AvgIpc) is 2.16. The van der Waals surface area contributed by atoms with Crippen LogP contribution in [0.25, 0.3) is 0 Å². The molecule has 0 amide bonds. The molecule has 0 radical (unpaired) electrons. The molecule has 0 saturated heterocycles. The Hall–Kier alpha value is -1.11. The molecule has 0 saturated carbocycles. The normalized spacial score (nSPS) is 11.1. The van der Waals surface area contributed by atoms with E-state index in [2.05, 4.69) is 12.7 Å². The topological polar surface area (TPSA) is 17.1 Å². The monoisotopic (exact) mass is 178 g/mol. The van der Waals surface area contributed by atoms with Crippen molar-refractivity contribution in [2.45, 2.75) is 32.1 Å². The fourth-order valence-corrected chi connectivity index (χ4v) is 1.01. The van der Waals surface area contributed by atoms with Crippen molar-refractivity contribution in [3.05, 3.63) is 37.0 Å². The van der Waals surface area contributed by atoms with Crippen molar-refractivity contribution < 1.29 is 4.79 Å². The van der Waals surface area contributed by atoms with Crippen LogP contribution in [0.2, 0.25) is 0 Å². The van der Waals surface area contributed by atoms with Crippen molar-refractivity contribution in [2.24, 2.45) is 0 Å². The molecule has 0 aliphatic heterocycles. The Kier molecular flexibility index (Phi) is 9.96. The van der Waals surface area contributed by atoms with E-state index < -0.39 is 0 Å².